The molecule has 4 rings (SSSR count). The first kappa shape index (κ1) is 25.6. The highest BCUT2D eigenvalue weighted by Crippen LogP contribution is 2.43. The number of hydrogen-bond acceptors (Lipinski definition) is 6. The fourth-order valence-electron chi connectivity index (χ4n) is 4.37. The van der Waals surface area contributed by atoms with Gasteiger partial charge in [0.05, 0.1) is 23.1 Å². The summed E-state index contributed by atoms with van der Waals surface area (Å²) in [5.41, 5.74) is 1.72. The van der Waals surface area contributed by atoms with Gasteiger partial charge in [0, 0.05) is 23.4 Å². The Kier molecular flexibility index (Phi) is 6.85. The number of rotatable bonds is 6. The number of anilines is 1. The number of nitro benzene ring substituents is 1. The number of ether oxygens (including phenoxy) is 1. The van der Waals surface area contributed by atoms with Gasteiger partial charge in [-0.05, 0) is 47.7 Å². The van der Waals surface area contributed by atoms with E-state index in [-0.39, 0.29) is 22.2 Å². The van der Waals surface area contributed by atoms with E-state index in [2.05, 4.69) is 20.8 Å². The second kappa shape index (κ2) is 9.89. The van der Waals surface area contributed by atoms with E-state index in [4.69, 9.17) is 4.74 Å². The number of nitro groups is 1. The summed E-state index contributed by atoms with van der Waals surface area (Å²) in [6.45, 7) is 8.58. The Labute approximate surface area is 215 Å². The van der Waals surface area contributed by atoms with Crippen LogP contribution in [-0.4, -0.2) is 28.3 Å². The Bertz CT molecular complexity index is 1390. The van der Waals surface area contributed by atoms with Crippen molar-refractivity contribution in [2.45, 2.75) is 39.2 Å². The van der Waals surface area contributed by atoms with Crippen LogP contribution in [0.5, 0.6) is 5.75 Å². The quantitative estimate of drug-likeness (QED) is 0.148. The molecule has 1 saturated heterocycles. The van der Waals surface area contributed by atoms with Gasteiger partial charge >= 0.3 is 0 Å². The van der Waals surface area contributed by atoms with Crippen molar-refractivity contribution in [3.63, 3.8) is 0 Å². The van der Waals surface area contributed by atoms with Crippen molar-refractivity contribution in [1.29, 1.82) is 0 Å². The molecule has 0 radical (unpaired) electrons. The molecule has 1 aliphatic heterocycles. The summed E-state index contributed by atoms with van der Waals surface area (Å²) in [6, 6.07) is 18.7. The number of non-ortho nitro benzene ring substituents is 1. The summed E-state index contributed by atoms with van der Waals surface area (Å²) in [5.74, 6) is -1.53. The summed E-state index contributed by atoms with van der Waals surface area (Å²) in [7, 11) is 0. The maximum atomic E-state index is 13.3. The SMILES string of the molecule is CCOc1ccc(N2C(=O)C(=O)/C(=C(\O)c3cccc([N+](=O)[O-])c3)C2c2ccc(C(C)(C)C)cc2)cc1. The molecule has 0 aromatic heterocycles. The van der Waals surface area contributed by atoms with Crippen LogP contribution in [0.3, 0.4) is 0 Å². The zero-order valence-electron chi connectivity index (χ0n) is 21.1. The van der Waals surface area contributed by atoms with Crippen molar-refractivity contribution in [3.8, 4) is 5.75 Å². The number of aliphatic hydroxyl groups is 1. The van der Waals surface area contributed by atoms with Crippen molar-refractivity contribution in [1.82, 2.24) is 0 Å². The monoisotopic (exact) mass is 500 g/mol. The van der Waals surface area contributed by atoms with Crippen molar-refractivity contribution >= 4 is 28.8 Å². The molecule has 3 aromatic carbocycles. The van der Waals surface area contributed by atoms with Gasteiger partial charge in [-0.25, -0.2) is 0 Å². The molecule has 37 heavy (non-hydrogen) atoms. The highest BCUT2D eigenvalue weighted by molar-refractivity contribution is 6.51. The Morgan fingerprint density at radius 3 is 2.24 bits per heavy atom. The van der Waals surface area contributed by atoms with E-state index in [1.54, 1.807) is 24.3 Å². The molecule has 0 aliphatic carbocycles. The first-order chi connectivity index (χ1) is 17.5. The molecule has 3 aromatic rings. The number of carbonyl (C=O) groups is 2. The van der Waals surface area contributed by atoms with E-state index in [0.717, 1.165) is 5.56 Å². The zero-order valence-corrected chi connectivity index (χ0v) is 21.1. The minimum absolute atomic E-state index is 0.0789. The molecule has 1 N–H and O–H groups in total. The average molecular weight is 501 g/mol. The van der Waals surface area contributed by atoms with Gasteiger partial charge in [0.15, 0.2) is 0 Å². The van der Waals surface area contributed by atoms with Crippen molar-refractivity contribution < 1.29 is 24.4 Å². The molecule has 1 amide bonds. The van der Waals surface area contributed by atoms with E-state index >= 15 is 0 Å². The second-order valence-corrected chi connectivity index (χ2v) is 9.78. The summed E-state index contributed by atoms with van der Waals surface area (Å²) in [4.78, 5) is 38.7. The lowest BCUT2D eigenvalue weighted by Gasteiger charge is -2.26. The van der Waals surface area contributed by atoms with Crippen molar-refractivity contribution in [2.24, 2.45) is 0 Å². The molecule has 8 heteroatoms. The second-order valence-electron chi connectivity index (χ2n) is 9.78. The minimum Gasteiger partial charge on any atom is -0.507 e. The van der Waals surface area contributed by atoms with Gasteiger partial charge in [-0.1, -0.05) is 57.2 Å². The Hall–Kier alpha value is -4.46. The maximum Gasteiger partial charge on any atom is 0.300 e. The summed E-state index contributed by atoms with van der Waals surface area (Å²) in [6.07, 6.45) is 0. The highest BCUT2D eigenvalue weighted by Gasteiger charge is 2.47. The first-order valence-electron chi connectivity index (χ1n) is 11.9. The van der Waals surface area contributed by atoms with E-state index < -0.39 is 28.4 Å². The third-order valence-electron chi connectivity index (χ3n) is 6.29. The molecule has 1 aliphatic rings. The molecule has 1 fully saturated rings. The average Bonchev–Trinajstić information content (AvgIpc) is 3.14. The zero-order chi connectivity index (χ0) is 26.9. The number of amides is 1. The van der Waals surface area contributed by atoms with Gasteiger partial charge in [0.25, 0.3) is 17.4 Å². The molecule has 190 valence electrons. The van der Waals surface area contributed by atoms with E-state index in [9.17, 15) is 24.8 Å². The molecule has 8 nitrogen and oxygen atoms in total. The fourth-order valence-corrected chi connectivity index (χ4v) is 4.37. The number of hydrogen-bond donors (Lipinski definition) is 1. The lowest BCUT2D eigenvalue weighted by Crippen LogP contribution is -2.29. The predicted octanol–water partition coefficient (Wildman–Crippen LogP) is 5.92. The molecule has 0 saturated carbocycles. The van der Waals surface area contributed by atoms with E-state index in [1.807, 2.05) is 31.2 Å². The lowest BCUT2D eigenvalue weighted by atomic mass is 9.85. The van der Waals surface area contributed by atoms with Gasteiger partial charge in [-0.15, -0.1) is 0 Å². The number of Topliss-reactive ketones (excluding diaryl/α,β-unsaturated/α-hetero) is 1. The van der Waals surface area contributed by atoms with E-state index in [0.29, 0.717) is 23.6 Å². The highest BCUT2D eigenvalue weighted by atomic mass is 16.6. The maximum absolute atomic E-state index is 13.3. The number of aliphatic hydroxyl groups excluding tert-OH is 1. The number of nitrogens with zero attached hydrogens (tertiary/aromatic N) is 2. The largest absolute Gasteiger partial charge is 0.507 e. The van der Waals surface area contributed by atoms with Crippen LogP contribution in [0.1, 0.15) is 50.4 Å². The minimum atomic E-state index is -0.939. The van der Waals surface area contributed by atoms with Gasteiger partial charge in [-0.2, -0.15) is 0 Å². The van der Waals surface area contributed by atoms with Crippen molar-refractivity contribution in [3.05, 3.63) is 105 Å². The van der Waals surface area contributed by atoms with Gasteiger partial charge in [0.1, 0.15) is 11.5 Å². The van der Waals surface area contributed by atoms with Crippen molar-refractivity contribution in [2.75, 3.05) is 11.5 Å². The lowest BCUT2D eigenvalue weighted by molar-refractivity contribution is -0.384. The van der Waals surface area contributed by atoms with Crippen LogP contribution in [-0.2, 0) is 15.0 Å². The van der Waals surface area contributed by atoms with Gasteiger partial charge in [0.2, 0.25) is 0 Å². The molecular weight excluding hydrogens is 472 g/mol. The van der Waals surface area contributed by atoms with Crippen LogP contribution >= 0.6 is 0 Å². The molecule has 1 atom stereocenters. The third kappa shape index (κ3) is 4.95. The smallest absolute Gasteiger partial charge is 0.300 e. The third-order valence-corrected chi connectivity index (χ3v) is 6.29. The van der Waals surface area contributed by atoms with Gasteiger partial charge < -0.3 is 9.84 Å². The Balaban J connectivity index is 1.90. The normalized spacial score (nSPS) is 17.2. The van der Waals surface area contributed by atoms with Gasteiger partial charge in [-0.3, -0.25) is 24.6 Å². The fraction of sp³-hybridized carbons (Fsp3) is 0.241. The van der Waals surface area contributed by atoms with Crippen LogP contribution in [0.4, 0.5) is 11.4 Å². The Morgan fingerprint density at radius 1 is 1.03 bits per heavy atom. The standard InChI is InChI=1S/C29H28N2O6/c1-5-37-23-15-13-21(14-16-23)30-25(18-9-11-20(12-10-18)29(2,3)4)24(27(33)28(30)34)26(32)19-7-6-8-22(17-19)31(35)36/h6-17,25,32H,5H2,1-4H3/b26-24-. The number of benzene rings is 3. The molecule has 0 bridgehead atoms. The van der Waals surface area contributed by atoms with Crippen LogP contribution in [0.15, 0.2) is 78.4 Å². The molecule has 1 unspecified atom stereocenters. The molecular formula is C29H28N2O6. The topological polar surface area (TPSA) is 110 Å². The van der Waals surface area contributed by atoms with Crippen LogP contribution in [0.25, 0.3) is 5.76 Å². The number of carbonyl (C=O) groups excluding carboxylic acids is 2. The summed E-state index contributed by atoms with van der Waals surface area (Å²) < 4.78 is 5.50. The van der Waals surface area contributed by atoms with Crippen LogP contribution in [0.2, 0.25) is 0 Å². The summed E-state index contributed by atoms with van der Waals surface area (Å²) in [5, 5.41) is 22.5. The Morgan fingerprint density at radius 2 is 1.68 bits per heavy atom. The molecule has 0 spiro atoms. The first-order valence-corrected chi connectivity index (χ1v) is 11.9. The van der Waals surface area contributed by atoms with E-state index in [1.165, 1.54) is 29.2 Å². The van der Waals surface area contributed by atoms with Crippen LogP contribution in [0, 0.1) is 10.1 Å². The number of ketones is 1. The summed E-state index contributed by atoms with van der Waals surface area (Å²) >= 11 is 0. The molecule has 1 heterocycles. The van der Waals surface area contributed by atoms with Crippen LogP contribution < -0.4 is 9.64 Å². The predicted molar refractivity (Wildman–Crippen MR) is 141 cm³/mol.